The summed E-state index contributed by atoms with van der Waals surface area (Å²) >= 11 is 2.06. The number of carbonyl (C=O) groups is 5. The number of nitrogens with zero attached hydrogens (tertiary/aromatic N) is 1. The van der Waals surface area contributed by atoms with E-state index in [1.807, 2.05) is 60.7 Å². The Morgan fingerprint density at radius 1 is 0.795 bits per heavy atom. The second kappa shape index (κ2) is 18.1. The Labute approximate surface area is 267 Å². The number of hydroxylamine groups is 1. The zero-order valence-corrected chi connectivity index (χ0v) is 26.1. The Bertz CT molecular complexity index is 1260. The molecule has 0 spiro atoms. The molecule has 2 saturated heterocycles. The summed E-state index contributed by atoms with van der Waals surface area (Å²) in [5.74, 6) is -2.17. The van der Waals surface area contributed by atoms with E-state index >= 15 is 0 Å². The van der Waals surface area contributed by atoms with Crippen LogP contribution in [0.25, 0.3) is 0 Å². The number of hydrogen-bond donors (Lipinski definition) is 5. The Hall–Kier alpha value is -3.80. The van der Waals surface area contributed by atoms with Gasteiger partial charge in [0.1, 0.15) is 24.2 Å². The first-order valence-electron chi connectivity index (χ1n) is 14.9. The Morgan fingerprint density at radius 2 is 1.34 bits per heavy atom. The Balaban J connectivity index is 0.00000259. The summed E-state index contributed by atoms with van der Waals surface area (Å²) in [5, 5.41) is 20.5. The minimum atomic E-state index is -0.979. The number of rotatable bonds is 10. The number of benzene rings is 2. The number of nitrogens with one attached hydrogen (secondary N) is 4. The van der Waals surface area contributed by atoms with Crippen molar-refractivity contribution in [1.29, 1.82) is 0 Å². The van der Waals surface area contributed by atoms with E-state index in [-0.39, 0.29) is 31.6 Å². The van der Waals surface area contributed by atoms with Gasteiger partial charge in [0.05, 0.1) is 0 Å². The summed E-state index contributed by atoms with van der Waals surface area (Å²) in [6.45, 7) is 0.384. The monoisotopic (exact) mass is 642 g/mol. The molecule has 2 fully saturated rings. The molecule has 0 aromatic heterocycles. The van der Waals surface area contributed by atoms with E-state index in [9.17, 15) is 24.0 Å². The molecule has 2 aliphatic rings. The molecule has 0 bridgehead atoms. The summed E-state index contributed by atoms with van der Waals surface area (Å²) < 4.78 is 0. The average Bonchev–Trinajstić information content (AvgIpc) is 3.54. The molecule has 5 N–H and O–H groups in total. The first-order chi connectivity index (χ1) is 21.4. The van der Waals surface area contributed by atoms with E-state index in [1.165, 1.54) is 4.90 Å². The molecule has 44 heavy (non-hydrogen) atoms. The molecule has 2 aromatic rings. The molecule has 4 rings (SSSR count). The SMILES string of the molecule is O=C(CCCCC[C@@H]1NC(=O)[C@@H]2CCCN2C(=O)[C@@H](Cc2ccccc2)NC(=O)[C@H](Cc2ccccc2)NC1=O)NO.[CH2]=[V]. The van der Waals surface area contributed by atoms with Crippen molar-refractivity contribution >= 4 is 34.8 Å². The van der Waals surface area contributed by atoms with Gasteiger partial charge < -0.3 is 20.9 Å². The predicted molar refractivity (Wildman–Crippen MR) is 161 cm³/mol. The molecule has 4 atom stereocenters. The Kier molecular flexibility index (Phi) is 14.3. The number of hydrogen-bond acceptors (Lipinski definition) is 6. The third-order valence-electron chi connectivity index (χ3n) is 7.81. The topological polar surface area (TPSA) is 157 Å². The van der Waals surface area contributed by atoms with Crippen molar-refractivity contribution in [3.05, 3.63) is 71.8 Å². The second-order valence-electron chi connectivity index (χ2n) is 10.9. The molecule has 2 heterocycles. The molecule has 5 amide bonds. The third-order valence-corrected chi connectivity index (χ3v) is 7.81. The number of unbranched alkanes of at least 4 members (excludes halogenated alkanes) is 2. The molecule has 0 radical (unpaired) electrons. The van der Waals surface area contributed by atoms with Crippen LogP contribution >= 0.6 is 0 Å². The number of fused-ring (bicyclic) bond motifs is 1. The predicted octanol–water partition coefficient (Wildman–Crippen LogP) is 1.35. The van der Waals surface area contributed by atoms with Crippen LogP contribution < -0.4 is 21.4 Å². The van der Waals surface area contributed by atoms with Gasteiger partial charge in [-0.2, -0.15) is 0 Å². The fraction of sp³-hybridized carbons (Fsp3) is 0.438. The minimum absolute atomic E-state index is 0.141. The van der Waals surface area contributed by atoms with Gasteiger partial charge in [-0.1, -0.05) is 73.5 Å². The van der Waals surface area contributed by atoms with Crippen LogP contribution in [0.15, 0.2) is 60.7 Å². The third kappa shape index (κ3) is 10.1. The quantitative estimate of drug-likeness (QED) is 0.150. The summed E-state index contributed by atoms with van der Waals surface area (Å²) in [5.41, 5.74) is 3.29. The maximum atomic E-state index is 13.9. The van der Waals surface area contributed by atoms with Gasteiger partial charge in [-0.25, -0.2) is 5.48 Å². The molecule has 0 unspecified atom stereocenters. The van der Waals surface area contributed by atoms with Gasteiger partial charge in [0.2, 0.25) is 29.5 Å². The van der Waals surface area contributed by atoms with Crippen LogP contribution in [0.2, 0.25) is 0 Å². The van der Waals surface area contributed by atoms with Crippen LogP contribution in [-0.2, 0) is 53.8 Å². The molecular formula is C32H41N5O6V. The van der Waals surface area contributed by atoms with Crippen LogP contribution in [0, 0.1) is 0 Å². The van der Waals surface area contributed by atoms with E-state index in [0.29, 0.717) is 38.6 Å². The zero-order valence-electron chi connectivity index (χ0n) is 24.7. The van der Waals surface area contributed by atoms with Crippen molar-refractivity contribution in [2.45, 2.75) is 82.0 Å². The standard InChI is InChI=1S/C31H39N5O6.CH2.V/c37-27(35-42)17-9-3-8-15-23-28(38)33-24(19-21-11-4-1-5-12-21)29(39)34-25(20-22-13-6-2-7-14-22)31(41)36-18-10-16-26(36)30(40)32-23;;/h1-2,4-7,11-14,23-26,42H,3,8-10,15-20H2,(H,32,40)(H,33,38)(H,34,39)(H,35,37);1H2;/t23-,24-,25+,26-;;/m0../s1. The fourth-order valence-electron chi connectivity index (χ4n) is 5.56. The van der Waals surface area contributed by atoms with Crippen molar-refractivity contribution in [1.82, 2.24) is 26.3 Å². The molecule has 12 heteroatoms. The van der Waals surface area contributed by atoms with Gasteiger partial charge in [-0.15, -0.1) is 0 Å². The van der Waals surface area contributed by atoms with Gasteiger partial charge in [0.15, 0.2) is 0 Å². The van der Waals surface area contributed by atoms with E-state index in [4.69, 9.17) is 5.21 Å². The molecule has 235 valence electrons. The van der Waals surface area contributed by atoms with Crippen LogP contribution in [-0.4, -0.2) is 75.6 Å². The normalized spacial score (nSPS) is 22.1. The van der Waals surface area contributed by atoms with E-state index < -0.39 is 47.8 Å². The first kappa shape index (κ1) is 34.7. The van der Waals surface area contributed by atoms with Crippen LogP contribution in [0.5, 0.6) is 0 Å². The van der Waals surface area contributed by atoms with Gasteiger partial charge in [-0.3, -0.25) is 29.2 Å². The summed E-state index contributed by atoms with van der Waals surface area (Å²) in [7, 11) is 0. The second-order valence-corrected chi connectivity index (χ2v) is 10.9. The van der Waals surface area contributed by atoms with Crippen molar-refractivity contribution in [3.63, 3.8) is 0 Å². The Morgan fingerprint density at radius 3 is 1.95 bits per heavy atom. The summed E-state index contributed by atoms with van der Waals surface area (Å²) in [4.78, 5) is 67.5. The maximum absolute atomic E-state index is 13.9. The van der Waals surface area contributed by atoms with Crippen LogP contribution in [0.4, 0.5) is 0 Å². The van der Waals surface area contributed by atoms with Crippen molar-refractivity contribution in [3.8, 4) is 0 Å². The van der Waals surface area contributed by atoms with Crippen molar-refractivity contribution in [2.75, 3.05) is 6.54 Å². The molecule has 0 saturated carbocycles. The summed E-state index contributed by atoms with van der Waals surface area (Å²) in [6.07, 6.45) is 3.60. The first-order valence-corrected chi connectivity index (χ1v) is 15.9. The van der Waals surface area contributed by atoms with Gasteiger partial charge in [0, 0.05) is 25.8 Å². The number of amides is 5. The van der Waals surface area contributed by atoms with Gasteiger partial charge >= 0.3 is 22.2 Å². The average molecular weight is 643 g/mol. The molecular weight excluding hydrogens is 601 g/mol. The molecule has 2 aromatic carbocycles. The van der Waals surface area contributed by atoms with Crippen LogP contribution in [0.3, 0.4) is 0 Å². The van der Waals surface area contributed by atoms with Crippen LogP contribution in [0.1, 0.15) is 56.1 Å². The molecule has 0 aliphatic carbocycles. The van der Waals surface area contributed by atoms with Crippen molar-refractivity contribution in [2.24, 2.45) is 0 Å². The molecule has 2 aliphatic heterocycles. The van der Waals surface area contributed by atoms with E-state index in [2.05, 4.69) is 38.2 Å². The zero-order chi connectivity index (χ0) is 31.9. The molecule has 11 nitrogen and oxygen atoms in total. The van der Waals surface area contributed by atoms with E-state index in [0.717, 1.165) is 11.1 Å². The van der Waals surface area contributed by atoms with E-state index in [1.54, 1.807) is 5.48 Å². The van der Waals surface area contributed by atoms with Gasteiger partial charge in [0.25, 0.3) is 0 Å². The fourth-order valence-corrected chi connectivity index (χ4v) is 5.56. The number of carbonyl (C=O) groups excluding carboxylic acids is 5. The summed E-state index contributed by atoms with van der Waals surface area (Å²) in [6, 6.07) is 15.1. The van der Waals surface area contributed by atoms with Crippen molar-refractivity contribution < 1.29 is 46.2 Å². The van der Waals surface area contributed by atoms with Gasteiger partial charge in [-0.05, 0) is 36.8 Å².